The van der Waals surface area contributed by atoms with Gasteiger partial charge in [-0.15, -0.1) is 0 Å². The van der Waals surface area contributed by atoms with E-state index in [9.17, 15) is 9.59 Å². The van der Waals surface area contributed by atoms with E-state index in [-0.39, 0.29) is 11.6 Å². The quantitative estimate of drug-likeness (QED) is 0.913. The zero-order valence-electron chi connectivity index (χ0n) is 13.8. The van der Waals surface area contributed by atoms with E-state index < -0.39 is 0 Å². The van der Waals surface area contributed by atoms with Crippen LogP contribution >= 0.6 is 0 Å². The minimum atomic E-state index is -0.0662. The first-order chi connectivity index (χ1) is 11.1. The third kappa shape index (κ3) is 3.03. The molecule has 1 saturated heterocycles. The molecule has 3 rings (SSSR count). The fourth-order valence-corrected chi connectivity index (χ4v) is 3.36. The third-order valence-corrected chi connectivity index (χ3v) is 4.85. The van der Waals surface area contributed by atoms with Crippen LogP contribution in [0.5, 0.6) is 0 Å². The SMILES string of the molecule is CN(C(=O)CCn1c(=O)n(C)c2ccccc21)C1CCNCC1. The van der Waals surface area contributed by atoms with Crippen LogP contribution in [0.1, 0.15) is 19.3 Å². The van der Waals surface area contributed by atoms with Crippen molar-refractivity contribution in [1.29, 1.82) is 0 Å². The first kappa shape index (κ1) is 15.8. The molecule has 0 aliphatic carbocycles. The second-order valence-corrected chi connectivity index (χ2v) is 6.22. The molecule has 0 radical (unpaired) electrons. The van der Waals surface area contributed by atoms with Crippen LogP contribution in [0.4, 0.5) is 0 Å². The maximum Gasteiger partial charge on any atom is 0.328 e. The Balaban J connectivity index is 1.72. The van der Waals surface area contributed by atoms with E-state index in [4.69, 9.17) is 0 Å². The first-order valence-corrected chi connectivity index (χ1v) is 8.20. The average Bonchev–Trinajstić information content (AvgIpc) is 2.84. The predicted molar refractivity (Wildman–Crippen MR) is 90.5 cm³/mol. The number of carbonyl (C=O) groups excluding carboxylic acids is 1. The van der Waals surface area contributed by atoms with Gasteiger partial charge in [-0.1, -0.05) is 12.1 Å². The molecule has 1 aliphatic rings. The van der Waals surface area contributed by atoms with Crippen molar-refractivity contribution in [3.05, 3.63) is 34.7 Å². The molecule has 2 aromatic rings. The van der Waals surface area contributed by atoms with E-state index in [0.29, 0.717) is 19.0 Å². The first-order valence-electron chi connectivity index (χ1n) is 8.20. The summed E-state index contributed by atoms with van der Waals surface area (Å²) >= 11 is 0. The van der Waals surface area contributed by atoms with E-state index in [2.05, 4.69) is 5.32 Å². The number of rotatable bonds is 4. The molecule has 0 unspecified atom stereocenters. The van der Waals surface area contributed by atoms with Crippen molar-refractivity contribution in [2.45, 2.75) is 31.8 Å². The number of para-hydroxylation sites is 2. The lowest BCUT2D eigenvalue weighted by Gasteiger charge is -2.31. The van der Waals surface area contributed by atoms with E-state index in [1.807, 2.05) is 36.2 Å². The summed E-state index contributed by atoms with van der Waals surface area (Å²) in [5.74, 6) is 0.108. The molecule has 1 amide bonds. The highest BCUT2D eigenvalue weighted by molar-refractivity contribution is 5.78. The molecule has 0 atom stereocenters. The van der Waals surface area contributed by atoms with Gasteiger partial charge < -0.3 is 10.2 Å². The number of nitrogens with zero attached hydrogens (tertiary/aromatic N) is 3. The summed E-state index contributed by atoms with van der Waals surface area (Å²) in [7, 11) is 3.65. The minimum Gasteiger partial charge on any atom is -0.343 e. The lowest BCUT2D eigenvalue weighted by atomic mass is 10.1. The fourth-order valence-electron chi connectivity index (χ4n) is 3.36. The van der Waals surface area contributed by atoms with E-state index in [1.54, 1.807) is 16.2 Å². The Morgan fingerprint density at radius 1 is 1.26 bits per heavy atom. The van der Waals surface area contributed by atoms with E-state index in [0.717, 1.165) is 37.0 Å². The second-order valence-electron chi connectivity index (χ2n) is 6.22. The summed E-state index contributed by atoms with van der Waals surface area (Å²) < 4.78 is 3.33. The standard InChI is InChI=1S/C17H24N4O2/c1-19(13-7-10-18-11-8-13)16(22)9-12-21-15-6-4-3-5-14(15)20(2)17(21)23/h3-6,13,18H,7-12H2,1-2H3. The number of benzene rings is 1. The van der Waals surface area contributed by atoms with Crippen LogP contribution in [0.25, 0.3) is 11.0 Å². The Morgan fingerprint density at radius 2 is 1.91 bits per heavy atom. The van der Waals surface area contributed by atoms with Gasteiger partial charge in [0.25, 0.3) is 0 Å². The van der Waals surface area contributed by atoms with Gasteiger partial charge in [0.05, 0.1) is 11.0 Å². The molecule has 1 fully saturated rings. The molecule has 1 aliphatic heterocycles. The number of carbonyl (C=O) groups is 1. The smallest absolute Gasteiger partial charge is 0.328 e. The lowest BCUT2D eigenvalue weighted by Crippen LogP contribution is -2.44. The number of fused-ring (bicyclic) bond motifs is 1. The van der Waals surface area contributed by atoms with Crippen LogP contribution in [0, 0.1) is 0 Å². The van der Waals surface area contributed by atoms with Gasteiger partial charge in [0.2, 0.25) is 5.91 Å². The summed E-state index contributed by atoms with van der Waals surface area (Å²) in [5.41, 5.74) is 1.72. The predicted octanol–water partition coefficient (Wildman–Crippen LogP) is 0.940. The Bertz CT molecular complexity index is 756. The summed E-state index contributed by atoms with van der Waals surface area (Å²) in [6.07, 6.45) is 2.35. The van der Waals surface area contributed by atoms with Gasteiger partial charge in [0, 0.05) is 33.1 Å². The summed E-state index contributed by atoms with van der Waals surface area (Å²) in [4.78, 5) is 26.7. The molecule has 23 heavy (non-hydrogen) atoms. The lowest BCUT2D eigenvalue weighted by molar-refractivity contribution is -0.132. The molecule has 0 spiro atoms. The van der Waals surface area contributed by atoms with Gasteiger partial charge in [0.1, 0.15) is 0 Å². The van der Waals surface area contributed by atoms with Crippen molar-refractivity contribution < 1.29 is 4.79 Å². The molecule has 1 aromatic heterocycles. The maximum absolute atomic E-state index is 12.5. The fraction of sp³-hybridized carbons (Fsp3) is 0.529. The largest absolute Gasteiger partial charge is 0.343 e. The Morgan fingerprint density at radius 3 is 2.61 bits per heavy atom. The number of piperidine rings is 1. The topological polar surface area (TPSA) is 59.3 Å². The number of aryl methyl sites for hydroxylation is 2. The Kier molecular flexibility index (Phi) is 4.52. The van der Waals surface area contributed by atoms with Gasteiger partial charge in [0.15, 0.2) is 0 Å². The molecular formula is C17H24N4O2. The normalized spacial score (nSPS) is 15.9. The molecule has 1 aromatic carbocycles. The van der Waals surface area contributed by atoms with Crippen molar-refractivity contribution >= 4 is 16.9 Å². The van der Waals surface area contributed by atoms with Crippen LogP contribution in [-0.4, -0.2) is 46.1 Å². The zero-order chi connectivity index (χ0) is 16.4. The van der Waals surface area contributed by atoms with Crippen molar-refractivity contribution in [3.8, 4) is 0 Å². The minimum absolute atomic E-state index is 0.0662. The summed E-state index contributed by atoms with van der Waals surface area (Å²) in [5, 5.41) is 3.31. The summed E-state index contributed by atoms with van der Waals surface area (Å²) in [6, 6.07) is 8.00. The Labute approximate surface area is 135 Å². The molecule has 124 valence electrons. The van der Waals surface area contributed by atoms with Crippen molar-refractivity contribution in [2.24, 2.45) is 7.05 Å². The number of imidazole rings is 1. The van der Waals surface area contributed by atoms with E-state index >= 15 is 0 Å². The van der Waals surface area contributed by atoms with Crippen LogP contribution in [0.3, 0.4) is 0 Å². The van der Waals surface area contributed by atoms with Crippen LogP contribution in [-0.2, 0) is 18.4 Å². The second kappa shape index (κ2) is 6.58. The number of hydrogen-bond donors (Lipinski definition) is 1. The highest BCUT2D eigenvalue weighted by atomic mass is 16.2. The number of aromatic nitrogens is 2. The van der Waals surface area contributed by atoms with Crippen molar-refractivity contribution in [3.63, 3.8) is 0 Å². The molecule has 0 bridgehead atoms. The van der Waals surface area contributed by atoms with Gasteiger partial charge in [-0.3, -0.25) is 13.9 Å². The highest BCUT2D eigenvalue weighted by Crippen LogP contribution is 2.14. The van der Waals surface area contributed by atoms with Crippen LogP contribution < -0.4 is 11.0 Å². The molecule has 1 N–H and O–H groups in total. The molecular weight excluding hydrogens is 292 g/mol. The molecule has 6 heteroatoms. The molecule has 2 heterocycles. The van der Waals surface area contributed by atoms with Crippen LogP contribution in [0.15, 0.2) is 29.1 Å². The van der Waals surface area contributed by atoms with Gasteiger partial charge in [-0.2, -0.15) is 0 Å². The van der Waals surface area contributed by atoms with Gasteiger partial charge in [-0.05, 0) is 38.1 Å². The summed E-state index contributed by atoms with van der Waals surface area (Å²) in [6.45, 7) is 2.35. The van der Waals surface area contributed by atoms with Gasteiger partial charge >= 0.3 is 5.69 Å². The number of amides is 1. The molecule has 6 nitrogen and oxygen atoms in total. The third-order valence-electron chi connectivity index (χ3n) is 4.85. The Hall–Kier alpha value is -2.08. The number of nitrogens with one attached hydrogen (secondary N) is 1. The van der Waals surface area contributed by atoms with Gasteiger partial charge in [-0.25, -0.2) is 4.79 Å². The van der Waals surface area contributed by atoms with Crippen molar-refractivity contribution in [1.82, 2.24) is 19.4 Å². The average molecular weight is 316 g/mol. The zero-order valence-corrected chi connectivity index (χ0v) is 13.8. The van der Waals surface area contributed by atoms with Crippen molar-refractivity contribution in [2.75, 3.05) is 20.1 Å². The maximum atomic E-state index is 12.5. The monoisotopic (exact) mass is 316 g/mol. The highest BCUT2D eigenvalue weighted by Gasteiger charge is 2.22. The number of hydrogen-bond acceptors (Lipinski definition) is 3. The van der Waals surface area contributed by atoms with Crippen LogP contribution in [0.2, 0.25) is 0 Å². The molecule has 0 saturated carbocycles. The van der Waals surface area contributed by atoms with E-state index in [1.165, 1.54) is 0 Å².